The number of aromatic nitrogens is 3. The molecule has 0 saturated heterocycles. The molecule has 0 aliphatic heterocycles. The molecule has 0 saturated carbocycles. The maximum Gasteiger partial charge on any atom is 0.422 e. The van der Waals surface area contributed by atoms with Gasteiger partial charge in [0.15, 0.2) is 22.1 Å². The summed E-state index contributed by atoms with van der Waals surface area (Å²) >= 11 is 0. The van der Waals surface area contributed by atoms with Crippen LogP contribution in [-0.4, -0.2) is 48.0 Å². The Hall–Kier alpha value is -4.98. The highest BCUT2D eigenvalue weighted by Crippen LogP contribution is 2.32. The first-order valence-electron chi connectivity index (χ1n) is 12.6. The molecule has 0 aliphatic carbocycles. The van der Waals surface area contributed by atoms with E-state index >= 15 is 0 Å². The van der Waals surface area contributed by atoms with Crippen LogP contribution in [-0.2, 0) is 21.1 Å². The van der Waals surface area contributed by atoms with Crippen LogP contribution in [0.15, 0.2) is 90.0 Å². The van der Waals surface area contributed by atoms with E-state index in [9.17, 15) is 30.8 Å². The molecule has 5 rings (SSSR count). The second-order valence-electron chi connectivity index (χ2n) is 9.54. The molecule has 0 spiro atoms. The minimum absolute atomic E-state index is 0.0420. The number of carbonyl (C=O) groups excluding carboxylic acids is 1. The predicted octanol–water partition coefficient (Wildman–Crippen LogP) is 5.80. The van der Waals surface area contributed by atoms with Gasteiger partial charge in [-0.25, -0.2) is 17.3 Å². The minimum atomic E-state index is -4.64. The number of sulfone groups is 1. The lowest BCUT2D eigenvalue weighted by molar-refractivity contribution is -0.153. The number of rotatable bonds is 9. The molecule has 9 nitrogen and oxygen atoms in total. The van der Waals surface area contributed by atoms with Crippen LogP contribution in [0.1, 0.15) is 5.56 Å². The van der Waals surface area contributed by atoms with E-state index in [2.05, 4.69) is 20.7 Å². The number of alkyl halides is 3. The van der Waals surface area contributed by atoms with Crippen molar-refractivity contribution < 1.29 is 35.5 Å². The van der Waals surface area contributed by atoms with Crippen LogP contribution >= 0.6 is 0 Å². The average molecular weight is 614 g/mol. The van der Waals surface area contributed by atoms with Crippen molar-refractivity contribution in [3.63, 3.8) is 0 Å². The summed E-state index contributed by atoms with van der Waals surface area (Å²) in [6.45, 7) is -1.62. The van der Waals surface area contributed by atoms with E-state index in [1.165, 1.54) is 28.8 Å². The Balaban J connectivity index is 1.31. The van der Waals surface area contributed by atoms with Crippen LogP contribution in [0, 0.1) is 5.82 Å². The fourth-order valence-electron chi connectivity index (χ4n) is 4.08. The third-order valence-electron chi connectivity index (χ3n) is 6.13. The zero-order chi connectivity index (χ0) is 30.8. The van der Waals surface area contributed by atoms with Gasteiger partial charge in [0.2, 0.25) is 11.9 Å². The van der Waals surface area contributed by atoms with Gasteiger partial charge in [-0.3, -0.25) is 4.79 Å². The van der Waals surface area contributed by atoms with Gasteiger partial charge >= 0.3 is 6.18 Å². The van der Waals surface area contributed by atoms with Crippen LogP contribution in [0.2, 0.25) is 0 Å². The number of nitrogens with one attached hydrogen (secondary N) is 2. The van der Waals surface area contributed by atoms with Crippen molar-refractivity contribution >= 4 is 38.7 Å². The Morgan fingerprint density at radius 2 is 1.65 bits per heavy atom. The van der Waals surface area contributed by atoms with Crippen molar-refractivity contribution in [2.45, 2.75) is 17.5 Å². The third kappa shape index (κ3) is 7.65. The first-order chi connectivity index (χ1) is 20.3. The number of carbonyl (C=O) groups is 1. The van der Waals surface area contributed by atoms with E-state index in [1.54, 1.807) is 54.7 Å². The van der Waals surface area contributed by atoms with Gasteiger partial charge in [-0.2, -0.15) is 18.2 Å². The lowest BCUT2D eigenvalue weighted by atomic mass is 10.1. The van der Waals surface area contributed by atoms with Gasteiger partial charge in [0.05, 0.1) is 17.0 Å². The Morgan fingerprint density at radius 1 is 0.953 bits per heavy atom. The van der Waals surface area contributed by atoms with Crippen LogP contribution in [0.25, 0.3) is 16.8 Å². The molecule has 2 aromatic heterocycles. The maximum atomic E-state index is 13.1. The van der Waals surface area contributed by atoms with Gasteiger partial charge in [-0.1, -0.05) is 24.3 Å². The van der Waals surface area contributed by atoms with Gasteiger partial charge in [0, 0.05) is 29.8 Å². The summed E-state index contributed by atoms with van der Waals surface area (Å²) in [7, 11) is -3.70. The SMILES string of the molecule is CS(=O)(=O)c1ccc(Nc2nc3ccc(-c4ccc(NC(=O)Cc5ccc(F)cc5)cc4)cn3n2)c(OCC(F)(F)F)c1. The molecule has 43 heavy (non-hydrogen) atoms. The average Bonchev–Trinajstić information content (AvgIpc) is 3.34. The van der Waals surface area contributed by atoms with E-state index in [0.717, 1.165) is 23.4 Å². The van der Waals surface area contributed by atoms with Crippen molar-refractivity contribution in [1.82, 2.24) is 14.6 Å². The number of anilines is 3. The highest BCUT2D eigenvalue weighted by Gasteiger charge is 2.29. The molecule has 0 fully saturated rings. The molecule has 2 N–H and O–H groups in total. The molecule has 0 unspecified atom stereocenters. The number of hydrogen-bond donors (Lipinski definition) is 2. The Kier molecular flexibility index (Phi) is 8.04. The fourth-order valence-corrected chi connectivity index (χ4v) is 4.72. The van der Waals surface area contributed by atoms with Gasteiger partial charge in [0.25, 0.3) is 0 Å². The van der Waals surface area contributed by atoms with Gasteiger partial charge in [-0.05, 0) is 59.7 Å². The van der Waals surface area contributed by atoms with E-state index < -0.39 is 22.6 Å². The molecule has 5 aromatic rings. The van der Waals surface area contributed by atoms with Crippen LogP contribution in [0.5, 0.6) is 5.75 Å². The molecule has 0 radical (unpaired) electrons. The summed E-state index contributed by atoms with van der Waals surface area (Å²) in [6.07, 6.45) is -1.91. The summed E-state index contributed by atoms with van der Waals surface area (Å²) in [6, 6.07) is 19.8. The molecule has 1 amide bonds. The van der Waals surface area contributed by atoms with Crippen molar-refractivity contribution in [1.29, 1.82) is 0 Å². The number of amides is 1. The maximum absolute atomic E-state index is 13.1. The zero-order valence-corrected chi connectivity index (χ0v) is 23.2. The Labute approximate surface area is 243 Å². The molecule has 0 bridgehead atoms. The smallest absolute Gasteiger partial charge is 0.422 e. The molecule has 3 aromatic carbocycles. The van der Waals surface area contributed by atoms with Crippen LogP contribution < -0.4 is 15.4 Å². The van der Waals surface area contributed by atoms with E-state index in [1.807, 2.05) is 0 Å². The Morgan fingerprint density at radius 3 is 2.33 bits per heavy atom. The van der Waals surface area contributed by atoms with E-state index in [0.29, 0.717) is 16.9 Å². The highest BCUT2D eigenvalue weighted by atomic mass is 32.2. The minimum Gasteiger partial charge on any atom is -0.482 e. The first kappa shape index (κ1) is 29.5. The lowest BCUT2D eigenvalue weighted by Gasteiger charge is -2.14. The summed E-state index contributed by atoms with van der Waals surface area (Å²) in [5.41, 5.74) is 3.31. The van der Waals surface area contributed by atoms with Crippen molar-refractivity contribution in [3.05, 3.63) is 96.4 Å². The lowest BCUT2D eigenvalue weighted by Crippen LogP contribution is -2.19. The summed E-state index contributed by atoms with van der Waals surface area (Å²) < 4.78 is 81.6. The number of nitrogens with zero attached hydrogens (tertiary/aromatic N) is 3. The van der Waals surface area contributed by atoms with Gasteiger partial charge in [-0.15, -0.1) is 5.10 Å². The number of fused-ring (bicyclic) bond motifs is 1. The molecular formula is C29H23F4N5O4S. The molecule has 2 heterocycles. The first-order valence-corrected chi connectivity index (χ1v) is 14.5. The van der Waals surface area contributed by atoms with Gasteiger partial charge in [0.1, 0.15) is 11.6 Å². The number of hydrogen-bond acceptors (Lipinski definition) is 7. The molecule has 222 valence electrons. The van der Waals surface area contributed by atoms with Gasteiger partial charge < -0.3 is 15.4 Å². The normalized spacial score (nSPS) is 11.8. The molecule has 0 aliphatic rings. The number of pyridine rings is 1. The third-order valence-corrected chi connectivity index (χ3v) is 7.24. The predicted molar refractivity (Wildman–Crippen MR) is 152 cm³/mol. The summed E-state index contributed by atoms with van der Waals surface area (Å²) in [4.78, 5) is 16.5. The van der Waals surface area contributed by atoms with E-state index in [-0.39, 0.29) is 40.4 Å². The molecule has 14 heteroatoms. The highest BCUT2D eigenvalue weighted by molar-refractivity contribution is 7.90. The topological polar surface area (TPSA) is 115 Å². The van der Waals surface area contributed by atoms with E-state index in [4.69, 9.17) is 4.74 Å². The number of halogens is 4. The van der Waals surface area contributed by atoms with Crippen molar-refractivity contribution in [3.8, 4) is 16.9 Å². The number of ether oxygens (including phenoxy) is 1. The van der Waals surface area contributed by atoms with Crippen LogP contribution in [0.4, 0.5) is 34.9 Å². The second-order valence-corrected chi connectivity index (χ2v) is 11.6. The fraction of sp³-hybridized carbons (Fsp3) is 0.138. The molecule has 0 atom stereocenters. The summed E-state index contributed by atoms with van der Waals surface area (Å²) in [5.74, 6) is -0.910. The Bertz CT molecular complexity index is 1890. The van der Waals surface area contributed by atoms with Crippen LogP contribution in [0.3, 0.4) is 0 Å². The summed E-state index contributed by atoms with van der Waals surface area (Å²) in [5, 5.41) is 9.93. The van der Waals surface area contributed by atoms with Crippen molar-refractivity contribution in [2.75, 3.05) is 23.5 Å². The quantitative estimate of drug-likeness (QED) is 0.202. The largest absolute Gasteiger partial charge is 0.482 e. The monoisotopic (exact) mass is 613 g/mol. The number of benzene rings is 3. The standard InChI is InChI=1S/C29H23F4N5O4S/c1-43(40,41)23-11-12-24(25(15-23)42-17-29(31,32)33)35-28-36-26-13-6-20(16-38(26)37-28)19-4-9-22(10-5-19)34-27(39)14-18-2-7-21(30)8-3-18/h2-13,15-16H,14,17H2,1H3,(H,34,39)(H,35,37). The van der Waals surface area contributed by atoms with Crippen molar-refractivity contribution in [2.24, 2.45) is 0 Å². The molecular weight excluding hydrogens is 590 g/mol. The zero-order valence-electron chi connectivity index (χ0n) is 22.4. The second kappa shape index (κ2) is 11.7.